The van der Waals surface area contributed by atoms with Crippen LogP contribution in [0.15, 0.2) is 18.3 Å². The number of nitrogens with one attached hydrogen (secondary N) is 1. The maximum absolute atomic E-state index is 4.24. The van der Waals surface area contributed by atoms with E-state index in [4.69, 9.17) is 0 Å². The Labute approximate surface area is 104 Å². The van der Waals surface area contributed by atoms with Gasteiger partial charge in [0, 0.05) is 19.8 Å². The Morgan fingerprint density at radius 2 is 2.06 bits per heavy atom. The monoisotopic (exact) mass is 233 g/mol. The van der Waals surface area contributed by atoms with Crippen LogP contribution in [0.4, 0.5) is 5.82 Å². The molecule has 17 heavy (non-hydrogen) atoms. The number of likely N-dealkylation sites (tertiary alicyclic amines) is 1. The fourth-order valence-corrected chi connectivity index (χ4v) is 2.28. The Morgan fingerprint density at radius 3 is 2.71 bits per heavy atom. The number of anilines is 1. The van der Waals surface area contributed by atoms with Gasteiger partial charge in [0.25, 0.3) is 0 Å². The second-order valence-electron chi connectivity index (χ2n) is 5.74. The third kappa shape index (κ3) is 3.43. The van der Waals surface area contributed by atoms with E-state index >= 15 is 0 Å². The van der Waals surface area contributed by atoms with Gasteiger partial charge in [-0.3, -0.25) is 4.90 Å². The van der Waals surface area contributed by atoms with Crippen molar-refractivity contribution in [1.29, 1.82) is 0 Å². The molecule has 0 aromatic carbocycles. The van der Waals surface area contributed by atoms with E-state index in [1.54, 1.807) is 0 Å². The number of nitrogens with zero attached hydrogens (tertiary/aromatic N) is 2. The standard InChI is InChI=1S/C14H23N3/c1-14(2)5-8-17(9-6-14)11-12-4-7-16-13(10-12)15-3/h4,7,10H,5-6,8-9,11H2,1-3H3,(H,15,16). The smallest absolute Gasteiger partial charge is 0.125 e. The summed E-state index contributed by atoms with van der Waals surface area (Å²) in [5.41, 5.74) is 1.88. The molecule has 0 aliphatic carbocycles. The molecule has 0 atom stereocenters. The summed E-state index contributed by atoms with van der Waals surface area (Å²) in [6.07, 6.45) is 4.49. The van der Waals surface area contributed by atoms with Crippen LogP contribution in [0.25, 0.3) is 0 Å². The highest BCUT2D eigenvalue weighted by Crippen LogP contribution is 2.30. The van der Waals surface area contributed by atoms with E-state index in [0.29, 0.717) is 5.41 Å². The highest BCUT2D eigenvalue weighted by molar-refractivity contribution is 5.36. The number of pyridine rings is 1. The molecule has 94 valence electrons. The van der Waals surface area contributed by atoms with E-state index < -0.39 is 0 Å². The lowest BCUT2D eigenvalue weighted by molar-refractivity contribution is 0.127. The molecule has 2 rings (SSSR count). The summed E-state index contributed by atoms with van der Waals surface area (Å²) in [6.45, 7) is 8.22. The zero-order chi connectivity index (χ0) is 12.3. The van der Waals surface area contributed by atoms with Crippen molar-refractivity contribution in [3.05, 3.63) is 23.9 Å². The topological polar surface area (TPSA) is 28.2 Å². The summed E-state index contributed by atoms with van der Waals surface area (Å²) in [7, 11) is 1.91. The van der Waals surface area contributed by atoms with Gasteiger partial charge < -0.3 is 5.32 Å². The molecule has 0 amide bonds. The summed E-state index contributed by atoms with van der Waals surface area (Å²) in [5.74, 6) is 0.958. The lowest BCUT2D eigenvalue weighted by Gasteiger charge is -2.36. The predicted octanol–water partition coefficient (Wildman–Crippen LogP) is 2.75. The minimum absolute atomic E-state index is 0.533. The molecular weight excluding hydrogens is 210 g/mol. The third-order valence-corrected chi connectivity index (χ3v) is 3.70. The lowest BCUT2D eigenvalue weighted by Crippen LogP contribution is -2.36. The van der Waals surface area contributed by atoms with Gasteiger partial charge in [-0.25, -0.2) is 4.98 Å². The zero-order valence-corrected chi connectivity index (χ0v) is 11.2. The van der Waals surface area contributed by atoms with Crippen LogP contribution in [0.5, 0.6) is 0 Å². The molecule has 0 spiro atoms. The minimum Gasteiger partial charge on any atom is -0.373 e. The summed E-state index contributed by atoms with van der Waals surface area (Å²) < 4.78 is 0. The van der Waals surface area contributed by atoms with Crippen LogP contribution < -0.4 is 5.32 Å². The number of hydrogen-bond donors (Lipinski definition) is 1. The number of hydrogen-bond acceptors (Lipinski definition) is 3. The molecule has 1 saturated heterocycles. The first-order valence-corrected chi connectivity index (χ1v) is 6.44. The summed E-state index contributed by atoms with van der Waals surface area (Å²) in [6, 6.07) is 4.25. The molecule has 3 nitrogen and oxygen atoms in total. The van der Waals surface area contributed by atoms with Crippen molar-refractivity contribution in [2.75, 3.05) is 25.5 Å². The van der Waals surface area contributed by atoms with E-state index in [-0.39, 0.29) is 0 Å². The first-order valence-electron chi connectivity index (χ1n) is 6.44. The molecule has 0 bridgehead atoms. The number of aromatic nitrogens is 1. The summed E-state index contributed by atoms with van der Waals surface area (Å²) >= 11 is 0. The predicted molar refractivity (Wildman–Crippen MR) is 72.1 cm³/mol. The molecule has 1 aliphatic rings. The molecular formula is C14H23N3. The Morgan fingerprint density at radius 1 is 1.35 bits per heavy atom. The van der Waals surface area contributed by atoms with Crippen molar-refractivity contribution in [2.45, 2.75) is 33.2 Å². The molecule has 1 aromatic heterocycles. The van der Waals surface area contributed by atoms with Crippen molar-refractivity contribution in [1.82, 2.24) is 9.88 Å². The van der Waals surface area contributed by atoms with E-state index in [0.717, 1.165) is 12.4 Å². The van der Waals surface area contributed by atoms with Crippen LogP contribution in [0.2, 0.25) is 0 Å². The van der Waals surface area contributed by atoms with Crippen LogP contribution >= 0.6 is 0 Å². The normalized spacial score (nSPS) is 20.2. The van der Waals surface area contributed by atoms with Gasteiger partial charge in [-0.2, -0.15) is 0 Å². The fourth-order valence-electron chi connectivity index (χ4n) is 2.28. The Bertz CT molecular complexity index is 363. The second-order valence-corrected chi connectivity index (χ2v) is 5.74. The Balaban J connectivity index is 1.93. The van der Waals surface area contributed by atoms with Crippen LogP contribution in [0.3, 0.4) is 0 Å². The number of rotatable bonds is 3. The Hall–Kier alpha value is -1.09. The van der Waals surface area contributed by atoms with Crippen molar-refractivity contribution < 1.29 is 0 Å². The molecule has 1 aliphatic heterocycles. The van der Waals surface area contributed by atoms with Gasteiger partial charge in [-0.15, -0.1) is 0 Å². The molecule has 1 N–H and O–H groups in total. The summed E-state index contributed by atoms with van der Waals surface area (Å²) in [5, 5.41) is 3.09. The van der Waals surface area contributed by atoms with Crippen LogP contribution in [-0.4, -0.2) is 30.0 Å². The Kier molecular flexibility index (Phi) is 3.67. The average molecular weight is 233 g/mol. The van der Waals surface area contributed by atoms with E-state index in [1.807, 2.05) is 13.2 Å². The molecule has 0 saturated carbocycles. The molecule has 0 unspecified atom stereocenters. The highest BCUT2D eigenvalue weighted by atomic mass is 15.1. The lowest BCUT2D eigenvalue weighted by atomic mass is 9.82. The third-order valence-electron chi connectivity index (χ3n) is 3.70. The second kappa shape index (κ2) is 5.05. The van der Waals surface area contributed by atoms with Gasteiger partial charge in [-0.05, 0) is 49.0 Å². The molecule has 1 fully saturated rings. The van der Waals surface area contributed by atoms with Gasteiger partial charge in [0.15, 0.2) is 0 Å². The van der Waals surface area contributed by atoms with Crippen LogP contribution in [0.1, 0.15) is 32.3 Å². The number of piperidine rings is 1. The van der Waals surface area contributed by atoms with Gasteiger partial charge in [0.05, 0.1) is 0 Å². The van der Waals surface area contributed by atoms with Crippen molar-refractivity contribution >= 4 is 5.82 Å². The minimum atomic E-state index is 0.533. The molecule has 1 aromatic rings. The SMILES string of the molecule is CNc1cc(CN2CCC(C)(C)CC2)ccn1. The zero-order valence-electron chi connectivity index (χ0n) is 11.2. The van der Waals surface area contributed by atoms with E-state index in [1.165, 1.54) is 31.5 Å². The van der Waals surface area contributed by atoms with Gasteiger partial charge >= 0.3 is 0 Å². The highest BCUT2D eigenvalue weighted by Gasteiger charge is 2.25. The summed E-state index contributed by atoms with van der Waals surface area (Å²) in [4.78, 5) is 6.79. The maximum Gasteiger partial charge on any atom is 0.125 e. The van der Waals surface area contributed by atoms with Gasteiger partial charge in [0.1, 0.15) is 5.82 Å². The maximum atomic E-state index is 4.24. The van der Waals surface area contributed by atoms with Crippen molar-refractivity contribution in [3.8, 4) is 0 Å². The van der Waals surface area contributed by atoms with Gasteiger partial charge in [0.2, 0.25) is 0 Å². The van der Waals surface area contributed by atoms with Crippen LogP contribution in [-0.2, 0) is 6.54 Å². The van der Waals surface area contributed by atoms with Gasteiger partial charge in [-0.1, -0.05) is 13.8 Å². The largest absolute Gasteiger partial charge is 0.373 e. The first kappa shape index (κ1) is 12.4. The molecule has 2 heterocycles. The van der Waals surface area contributed by atoms with Crippen molar-refractivity contribution in [3.63, 3.8) is 0 Å². The quantitative estimate of drug-likeness (QED) is 0.870. The molecule has 0 radical (unpaired) electrons. The first-order chi connectivity index (χ1) is 8.09. The average Bonchev–Trinajstić information content (AvgIpc) is 2.32. The fraction of sp³-hybridized carbons (Fsp3) is 0.643. The van der Waals surface area contributed by atoms with Crippen molar-refractivity contribution in [2.24, 2.45) is 5.41 Å². The van der Waals surface area contributed by atoms with E-state index in [9.17, 15) is 0 Å². The molecule has 3 heteroatoms. The van der Waals surface area contributed by atoms with Crippen LogP contribution in [0, 0.1) is 5.41 Å². The van der Waals surface area contributed by atoms with E-state index in [2.05, 4.69) is 41.2 Å².